The van der Waals surface area contributed by atoms with Gasteiger partial charge in [-0.1, -0.05) is 60.7 Å². The zero-order valence-electron chi connectivity index (χ0n) is 12.3. The van der Waals surface area contributed by atoms with Crippen LogP contribution in [0.2, 0.25) is 0 Å². The normalized spacial score (nSPS) is 13.5. The molecule has 23 heavy (non-hydrogen) atoms. The predicted octanol–water partition coefficient (Wildman–Crippen LogP) is 3.31. The Bertz CT molecular complexity index is 831. The van der Waals surface area contributed by atoms with Crippen molar-refractivity contribution in [2.75, 3.05) is 0 Å². The molecule has 0 aliphatic rings. The van der Waals surface area contributed by atoms with Crippen LogP contribution in [-0.2, 0) is 0 Å². The summed E-state index contributed by atoms with van der Waals surface area (Å²) in [5, 5.41) is 10.8. The first-order chi connectivity index (χ1) is 11.2. The SMILES string of the molecule is O=c1ccc(F)cn1C(c1ccccc1)C(O)c1ccccc1. The number of nitrogens with zero attached hydrogens (tertiary/aromatic N) is 1. The maximum Gasteiger partial charge on any atom is 0.251 e. The fourth-order valence-electron chi connectivity index (χ4n) is 2.67. The van der Waals surface area contributed by atoms with Crippen LogP contribution in [0.5, 0.6) is 0 Å². The third-order valence-electron chi connectivity index (χ3n) is 3.78. The van der Waals surface area contributed by atoms with Crippen molar-refractivity contribution in [3.8, 4) is 0 Å². The van der Waals surface area contributed by atoms with Crippen LogP contribution in [0.3, 0.4) is 0 Å². The van der Waals surface area contributed by atoms with Gasteiger partial charge in [-0.3, -0.25) is 4.79 Å². The molecule has 116 valence electrons. The number of halogens is 1. The maximum atomic E-state index is 13.6. The minimum atomic E-state index is -0.974. The van der Waals surface area contributed by atoms with Gasteiger partial charge in [0.25, 0.3) is 5.56 Å². The van der Waals surface area contributed by atoms with E-state index >= 15 is 0 Å². The molecule has 1 N–H and O–H groups in total. The van der Waals surface area contributed by atoms with E-state index in [1.165, 1.54) is 10.6 Å². The van der Waals surface area contributed by atoms with E-state index in [0.717, 1.165) is 17.8 Å². The average Bonchev–Trinajstić information content (AvgIpc) is 2.60. The van der Waals surface area contributed by atoms with Crippen LogP contribution in [0.4, 0.5) is 4.39 Å². The minimum Gasteiger partial charge on any atom is -0.386 e. The van der Waals surface area contributed by atoms with E-state index in [1.807, 2.05) is 48.5 Å². The van der Waals surface area contributed by atoms with Crippen molar-refractivity contribution in [1.29, 1.82) is 0 Å². The Kier molecular flexibility index (Phi) is 4.35. The van der Waals surface area contributed by atoms with Crippen LogP contribution < -0.4 is 5.56 Å². The van der Waals surface area contributed by atoms with Crippen LogP contribution in [0.25, 0.3) is 0 Å². The Morgan fingerprint density at radius 1 is 0.826 bits per heavy atom. The molecule has 3 rings (SSSR count). The lowest BCUT2D eigenvalue weighted by molar-refractivity contribution is 0.129. The molecule has 0 aliphatic carbocycles. The van der Waals surface area contributed by atoms with E-state index in [0.29, 0.717) is 5.56 Å². The number of pyridine rings is 1. The van der Waals surface area contributed by atoms with Gasteiger partial charge in [-0.25, -0.2) is 4.39 Å². The summed E-state index contributed by atoms with van der Waals surface area (Å²) in [6, 6.07) is 19.8. The van der Waals surface area contributed by atoms with Crippen molar-refractivity contribution < 1.29 is 9.50 Å². The summed E-state index contributed by atoms with van der Waals surface area (Å²) in [5.74, 6) is -0.522. The molecule has 0 fully saturated rings. The Labute approximate surface area is 133 Å². The van der Waals surface area contributed by atoms with Crippen molar-refractivity contribution in [2.24, 2.45) is 0 Å². The van der Waals surface area contributed by atoms with E-state index in [4.69, 9.17) is 0 Å². The maximum absolute atomic E-state index is 13.6. The topological polar surface area (TPSA) is 42.2 Å². The Hall–Kier alpha value is -2.72. The molecular weight excluding hydrogens is 293 g/mol. The van der Waals surface area contributed by atoms with Crippen molar-refractivity contribution in [3.63, 3.8) is 0 Å². The van der Waals surface area contributed by atoms with Crippen LogP contribution >= 0.6 is 0 Å². The third kappa shape index (κ3) is 3.22. The van der Waals surface area contributed by atoms with Gasteiger partial charge >= 0.3 is 0 Å². The fourth-order valence-corrected chi connectivity index (χ4v) is 2.67. The van der Waals surface area contributed by atoms with E-state index < -0.39 is 18.0 Å². The molecule has 0 saturated heterocycles. The molecule has 1 heterocycles. The summed E-state index contributed by atoms with van der Waals surface area (Å²) < 4.78 is 14.9. The summed E-state index contributed by atoms with van der Waals surface area (Å²) >= 11 is 0. The highest BCUT2D eigenvalue weighted by atomic mass is 19.1. The Morgan fingerprint density at radius 3 is 2.00 bits per heavy atom. The van der Waals surface area contributed by atoms with Gasteiger partial charge in [0.2, 0.25) is 0 Å². The highest BCUT2D eigenvalue weighted by Gasteiger charge is 2.25. The summed E-state index contributed by atoms with van der Waals surface area (Å²) in [5.41, 5.74) is 1.03. The fraction of sp³-hybridized carbons (Fsp3) is 0.105. The standard InChI is InChI=1S/C19H16FNO2/c20-16-11-12-17(22)21(13-16)18(14-7-3-1-4-8-14)19(23)15-9-5-2-6-10-15/h1-13,18-19,23H. The number of aliphatic hydroxyl groups excluding tert-OH is 1. The molecule has 1 aromatic heterocycles. The molecule has 4 heteroatoms. The van der Waals surface area contributed by atoms with Crippen LogP contribution in [-0.4, -0.2) is 9.67 Å². The van der Waals surface area contributed by atoms with E-state index in [1.54, 1.807) is 12.1 Å². The zero-order valence-corrected chi connectivity index (χ0v) is 12.3. The summed E-state index contributed by atoms with van der Waals surface area (Å²) in [6.45, 7) is 0. The van der Waals surface area contributed by atoms with Gasteiger partial charge in [0.05, 0.1) is 6.04 Å². The summed E-state index contributed by atoms with van der Waals surface area (Å²) in [6.07, 6.45) is 0.157. The minimum absolute atomic E-state index is 0.366. The lowest BCUT2D eigenvalue weighted by Crippen LogP contribution is -2.29. The largest absolute Gasteiger partial charge is 0.386 e. The molecule has 0 bridgehead atoms. The first-order valence-electron chi connectivity index (χ1n) is 7.32. The van der Waals surface area contributed by atoms with Crippen molar-refractivity contribution in [3.05, 3.63) is 106 Å². The Morgan fingerprint density at radius 2 is 1.39 bits per heavy atom. The van der Waals surface area contributed by atoms with Gasteiger partial charge in [0.15, 0.2) is 0 Å². The highest BCUT2D eigenvalue weighted by molar-refractivity contribution is 5.27. The van der Waals surface area contributed by atoms with Crippen molar-refractivity contribution >= 4 is 0 Å². The number of hydrogen-bond acceptors (Lipinski definition) is 2. The predicted molar refractivity (Wildman–Crippen MR) is 86.6 cm³/mol. The Balaban J connectivity index is 2.15. The second-order valence-electron chi connectivity index (χ2n) is 5.30. The first-order valence-corrected chi connectivity index (χ1v) is 7.32. The summed E-state index contributed by atoms with van der Waals surface area (Å²) in [4.78, 5) is 12.2. The van der Waals surface area contributed by atoms with Gasteiger partial charge in [-0.05, 0) is 17.2 Å². The quantitative estimate of drug-likeness (QED) is 0.803. The van der Waals surface area contributed by atoms with Crippen LogP contribution in [0.15, 0.2) is 83.8 Å². The number of benzene rings is 2. The number of rotatable bonds is 4. The third-order valence-corrected chi connectivity index (χ3v) is 3.78. The smallest absolute Gasteiger partial charge is 0.251 e. The molecule has 0 amide bonds. The number of aromatic nitrogens is 1. The summed E-state index contributed by atoms with van der Waals surface area (Å²) in [7, 11) is 0. The van der Waals surface area contributed by atoms with E-state index in [-0.39, 0.29) is 5.56 Å². The average molecular weight is 309 g/mol. The molecule has 2 aromatic carbocycles. The van der Waals surface area contributed by atoms with Gasteiger partial charge in [-0.2, -0.15) is 0 Å². The van der Waals surface area contributed by atoms with Crippen LogP contribution in [0.1, 0.15) is 23.3 Å². The van der Waals surface area contributed by atoms with E-state index in [9.17, 15) is 14.3 Å². The molecular formula is C19H16FNO2. The zero-order chi connectivity index (χ0) is 16.2. The molecule has 0 aliphatic heterocycles. The van der Waals surface area contributed by atoms with Gasteiger partial charge < -0.3 is 9.67 Å². The number of aliphatic hydroxyl groups is 1. The van der Waals surface area contributed by atoms with Gasteiger partial charge in [0, 0.05) is 12.3 Å². The molecule has 0 radical (unpaired) electrons. The molecule has 2 unspecified atom stereocenters. The van der Waals surface area contributed by atoms with Crippen molar-refractivity contribution in [2.45, 2.75) is 12.1 Å². The second-order valence-corrected chi connectivity index (χ2v) is 5.30. The molecule has 3 aromatic rings. The highest BCUT2D eigenvalue weighted by Crippen LogP contribution is 2.31. The first kappa shape index (κ1) is 15.2. The lowest BCUT2D eigenvalue weighted by atomic mass is 9.95. The second kappa shape index (κ2) is 6.58. The van der Waals surface area contributed by atoms with Gasteiger partial charge in [-0.15, -0.1) is 0 Å². The molecule has 0 saturated carbocycles. The van der Waals surface area contributed by atoms with E-state index in [2.05, 4.69) is 0 Å². The molecule has 0 spiro atoms. The van der Waals surface area contributed by atoms with Crippen molar-refractivity contribution in [1.82, 2.24) is 4.57 Å². The number of hydrogen-bond donors (Lipinski definition) is 1. The lowest BCUT2D eigenvalue weighted by Gasteiger charge is -2.26. The van der Waals surface area contributed by atoms with Crippen LogP contribution in [0, 0.1) is 5.82 Å². The molecule has 3 nitrogen and oxygen atoms in total. The monoisotopic (exact) mass is 309 g/mol. The molecule has 2 atom stereocenters. The van der Waals surface area contributed by atoms with Gasteiger partial charge in [0.1, 0.15) is 11.9 Å².